The molecule has 0 spiro atoms. The van der Waals surface area contributed by atoms with E-state index in [4.69, 9.17) is 14.3 Å². The van der Waals surface area contributed by atoms with Gasteiger partial charge < -0.3 is 18.5 Å². The maximum atomic E-state index is 5.49. The van der Waals surface area contributed by atoms with Crippen LogP contribution < -0.4 is 4.84 Å². The number of nitrogens with one attached hydrogen (secondary N) is 2. The Kier molecular flexibility index (Phi) is 8.36. The maximum absolute atomic E-state index is 5.49. The van der Waals surface area contributed by atoms with Crippen molar-refractivity contribution in [1.82, 2.24) is 17.8 Å². The molecule has 4 atom stereocenters. The molecule has 2 N–H and O–H groups in total. The van der Waals surface area contributed by atoms with Gasteiger partial charge in [0.1, 0.15) is 0 Å². The van der Waals surface area contributed by atoms with Crippen LogP contribution in [0.25, 0.3) is 0 Å². The first-order chi connectivity index (χ1) is 7.83. The Bertz CT molecular complexity index is 314. The molecule has 0 radical (unpaired) electrons. The van der Waals surface area contributed by atoms with Crippen molar-refractivity contribution in [3.05, 3.63) is 0 Å². The van der Waals surface area contributed by atoms with Gasteiger partial charge in [-0.2, -0.15) is 8.76 Å². The average molecular weight is 304 g/mol. The summed E-state index contributed by atoms with van der Waals surface area (Å²) in [7, 11) is 3.80. The Morgan fingerprint density at radius 1 is 1.44 bits per heavy atom. The zero-order valence-electron chi connectivity index (χ0n) is 9.06. The Balaban J connectivity index is 2.29. The molecule has 0 aliphatic carbocycles. The highest BCUT2D eigenvalue weighted by molar-refractivity contribution is 7.44. The topological polar surface area (TPSA) is 77.1 Å². The first-order valence-corrected chi connectivity index (χ1v) is 8.26. The van der Waals surface area contributed by atoms with Gasteiger partial charge in [-0.05, 0) is 6.92 Å². The van der Waals surface area contributed by atoms with Crippen LogP contribution in [-0.4, -0.2) is 44.4 Å². The van der Waals surface area contributed by atoms with Crippen LogP contribution in [0.4, 0.5) is 0 Å². The summed E-state index contributed by atoms with van der Waals surface area (Å²) in [6.45, 7) is 2.86. The quantitative estimate of drug-likeness (QED) is 0.621. The van der Waals surface area contributed by atoms with Crippen molar-refractivity contribution in [2.45, 2.75) is 13.2 Å². The summed E-state index contributed by atoms with van der Waals surface area (Å²) >= 11 is 0. The van der Waals surface area contributed by atoms with Crippen LogP contribution >= 0.6 is 34.0 Å². The second-order valence-corrected chi connectivity index (χ2v) is 7.39. The Morgan fingerprint density at radius 3 is 3.12 bits per heavy atom. The van der Waals surface area contributed by atoms with Crippen LogP contribution in [0.15, 0.2) is 0 Å². The van der Waals surface area contributed by atoms with E-state index in [0.717, 1.165) is 8.51 Å². The SMILES string of the molecule is COC(C)OCCOn1pn[pH][nH][pH][nH][pH]1. The highest BCUT2D eigenvalue weighted by atomic mass is 31.1. The van der Waals surface area contributed by atoms with E-state index in [-0.39, 0.29) is 6.29 Å². The highest BCUT2D eigenvalue weighted by Gasteiger charge is 1.97. The summed E-state index contributed by atoms with van der Waals surface area (Å²) in [6.07, 6.45) is -0.189. The van der Waals surface area contributed by atoms with Gasteiger partial charge in [0.15, 0.2) is 14.8 Å². The van der Waals surface area contributed by atoms with E-state index in [0.29, 0.717) is 38.7 Å². The molecule has 0 fully saturated rings. The normalized spacial score (nSPS) is 14.1. The van der Waals surface area contributed by atoms with E-state index < -0.39 is 0 Å². The maximum Gasteiger partial charge on any atom is 0.169 e. The summed E-state index contributed by atoms with van der Waals surface area (Å²) in [5, 5.41) is 0. The number of ether oxygens (including phenoxy) is 2. The predicted molar refractivity (Wildman–Crippen MR) is 71.1 cm³/mol. The van der Waals surface area contributed by atoms with Crippen LogP contribution in [0.2, 0.25) is 0 Å². The second-order valence-electron chi connectivity index (χ2n) is 2.57. The molecular weight excluding hydrogens is 288 g/mol. The molecule has 0 saturated carbocycles. The molecule has 0 amide bonds. The van der Waals surface area contributed by atoms with Gasteiger partial charge in [-0.3, -0.25) is 4.84 Å². The number of aromatic amines is 2. The predicted octanol–water partition coefficient (Wildman–Crippen LogP) is 1.90. The molecule has 7 nitrogen and oxygen atoms in total. The van der Waals surface area contributed by atoms with E-state index in [1.165, 1.54) is 0 Å². The van der Waals surface area contributed by atoms with Gasteiger partial charge >= 0.3 is 0 Å². The molecule has 16 heavy (non-hydrogen) atoms. The number of methoxy groups -OCH3 is 1. The highest BCUT2D eigenvalue weighted by Crippen LogP contribution is 2.08. The van der Waals surface area contributed by atoms with E-state index in [1.807, 2.05) is 6.92 Å². The Hall–Kier alpha value is 0.280. The fourth-order valence-corrected chi connectivity index (χ4v) is 4.83. The van der Waals surface area contributed by atoms with Gasteiger partial charge in [0.05, 0.1) is 13.2 Å². The van der Waals surface area contributed by atoms with Gasteiger partial charge in [0, 0.05) is 32.6 Å². The summed E-state index contributed by atoms with van der Waals surface area (Å²) in [5.74, 6) is 0. The minimum absolute atomic E-state index is 0.189. The zero-order valence-corrected chi connectivity index (χ0v) is 13.0. The Morgan fingerprint density at radius 2 is 2.31 bits per heavy atom. The number of hydrogen-bond donors (Lipinski definition) is 2. The minimum atomic E-state index is -0.189. The summed E-state index contributed by atoms with van der Waals surface area (Å²) < 4.78 is 22.6. The third-order valence-electron chi connectivity index (χ3n) is 1.49. The molecule has 0 aliphatic rings. The van der Waals surface area contributed by atoms with Crippen molar-refractivity contribution in [2.75, 3.05) is 20.3 Å². The van der Waals surface area contributed by atoms with Crippen molar-refractivity contribution in [1.29, 1.82) is 0 Å². The van der Waals surface area contributed by atoms with Crippen molar-refractivity contribution >= 4 is 34.0 Å². The zero-order chi connectivity index (χ0) is 11.6. The molecule has 0 bridgehead atoms. The standard InChI is InChI=1S/C5H16N4O3P4/c1-5(10-2)11-3-4-12-9-15-7-13-6-14-8-16-9/h5-7,13-15H,3-4H2,1-2H3. The molecule has 94 valence electrons. The van der Waals surface area contributed by atoms with E-state index >= 15 is 0 Å². The molecule has 0 aliphatic heterocycles. The van der Waals surface area contributed by atoms with Crippen LogP contribution in [0.5, 0.6) is 0 Å². The molecule has 1 rings (SSSR count). The monoisotopic (exact) mass is 304 g/mol. The lowest BCUT2D eigenvalue weighted by Gasteiger charge is -2.10. The summed E-state index contributed by atoms with van der Waals surface area (Å²) in [4.78, 5) is 5.49. The third-order valence-corrected chi connectivity index (χ3v) is 5.31. The fourth-order valence-electron chi connectivity index (χ4n) is 0.709. The summed E-state index contributed by atoms with van der Waals surface area (Å²) in [6, 6.07) is 0. The molecular formula is C5H16N4O3P4. The van der Waals surface area contributed by atoms with E-state index in [9.17, 15) is 0 Å². The molecule has 1 aromatic heterocycles. The van der Waals surface area contributed by atoms with Crippen molar-refractivity contribution in [3.8, 4) is 0 Å². The average Bonchev–Trinajstić information content (AvgIpc) is 2.26. The number of nitrogens with zero attached hydrogens (tertiary/aromatic N) is 2. The molecule has 0 saturated heterocycles. The van der Waals surface area contributed by atoms with Gasteiger partial charge in [0.25, 0.3) is 0 Å². The minimum Gasteiger partial charge on any atom is -0.356 e. The summed E-state index contributed by atoms with van der Waals surface area (Å²) in [5.41, 5.74) is 0. The van der Waals surface area contributed by atoms with Crippen LogP contribution in [-0.2, 0) is 9.47 Å². The lowest BCUT2D eigenvalue weighted by molar-refractivity contribution is -0.120. The number of rotatable bonds is 6. The number of hydrogen-bond acceptors (Lipinski definition) is 4. The largest absolute Gasteiger partial charge is 0.356 e. The van der Waals surface area contributed by atoms with Gasteiger partial charge in [-0.25, -0.2) is 0 Å². The number of H-pyrrole nitrogens is 2. The van der Waals surface area contributed by atoms with Gasteiger partial charge in [0.2, 0.25) is 0 Å². The lowest BCUT2D eigenvalue weighted by Crippen LogP contribution is -2.18. The van der Waals surface area contributed by atoms with E-state index in [2.05, 4.69) is 13.5 Å². The smallest absolute Gasteiger partial charge is 0.169 e. The molecule has 11 heteroatoms. The first-order valence-electron chi connectivity index (χ1n) is 4.56. The fraction of sp³-hybridized carbons (Fsp3) is 1.00. The Labute approximate surface area is 100 Å². The molecule has 1 heterocycles. The van der Waals surface area contributed by atoms with Crippen LogP contribution in [0.3, 0.4) is 0 Å². The van der Waals surface area contributed by atoms with Gasteiger partial charge in [-0.1, -0.05) is 0 Å². The molecule has 1 aromatic rings. The van der Waals surface area contributed by atoms with Crippen LogP contribution in [0, 0.1) is 0 Å². The van der Waals surface area contributed by atoms with Gasteiger partial charge in [-0.15, -0.1) is 0 Å². The molecule has 4 unspecified atom stereocenters. The number of aromatic nitrogens is 4. The van der Waals surface area contributed by atoms with E-state index in [1.54, 1.807) is 11.4 Å². The van der Waals surface area contributed by atoms with Crippen molar-refractivity contribution < 1.29 is 14.3 Å². The lowest BCUT2D eigenvalue weighted by atomic mass is 10.7. The third kappa shape index (κ3) is 6.78. The molecule has 0 aromatic carbocycles. The first kappa shape index (κ1) is 14.3. The second kappa shape index (κ2) is 9.32. The van der Waals surface area contributed by atoms with Crippen molar-refractivity contribution in [2.24, 2.45) is 0 Å². The van der Waals surface area contributed by atoms with Crippen molar-refractivity contribution in [3.63, 3.8) is 0 Å². The van der Waals surface area contributed by atoms with Crippen LogP contribution in [0.1, 0.15) is 6.92 Å².